The Hall–Kier alpha value is -1.10. The molecule has 0 aliphatic heterocycles. The number of nitrogens with one attached hydrogen (secondary N) is 1. The number of hydrogen-bond donors (Lipinski definition) is 1. The van der Waals surface area contributed by atoms with E-state index in [0.717, 1.165) is 4.47 Å². The number of benzene rings is 1. The summed E-state index contributed by atoms with van der Waals surface area (Å²) < 4.78 is 19.0. The maximum Gasteiger partial charge on any atom is 0.310 e. The van der Waals surface area contributed by atoms with Gasteiger partial charge >= 0.3 is 5.97 Å². The van der Waals surface area contributed by atoms with E-state index in [1.54, 1.807) is 12.1 Å². The van der Waals surface area contributed by atoms with Gasteiger partial charge in [0.1, 0.15) is 5.82 Å². The van der Waals surface area contributed by atoms with Crippen LogP contribution in [0.4, 0.5) is 10.1 Å². The summed E-state index contributed by atoms with van der Waals surface area (Å²) in [5.74, 6) is -0.799. The van der Waals surface area contributed by atoms with Crippen molar-refractivity contribution >= 4 is 27.6 Å². The minimum Gasteiger partial charge on any atom is -0.469 e. The minimum absolute atomic E-state index is 0.125. The Balaban J connectivity index is 2.73. The number of ether oxygens (including phenoxy) is 1. The van der Waals surface area contributed by atoms with Crippen molar-refractivity contribution in [3.8, 4) is 0 Å². The van der Waals surface area contributed by atoms with Gasteiger partial charge in [0.2, 0.25) is 0 Å². The Morgan fingerprint density at radius 2 is 2.17 bits per heavy atom. The van der Waals surface area contributed by atoms with Gasteiger partial charge in [-0.3, -0.25) is 4.79 Å². The number of carbonyl (C=O) groups excluding carboxylic acids is 1. The van der Waals surface area contributed by atoms with Crippen molar-refractivity contribution in [3.63, 3.8) is 0 Å². The van der Waals surface area contributed by atoms with E-state index in [4.69, 9.17) is 4.74 Å². The normalized spacial score (nSPS) is 12.3. The first kappa shape index (κ1) is 15.0. The SMILES string of the molecule is COC(=O)C(CNc1cc(Br)ccc1F)C(C)C. The highest BCUT2D eigenvalue weighted by molar-refractivity contribution is 9.10. The van der Waals surface area contributed by atoms with Gasteiger partial charge in [-0.25, -0.2) is 4.39 Å². The van der Waals surface area contributed by atoms with E-state index in [1.807, 2.05) is 13.8 Å². The first-order valence-corrected chi connectivity index (χ1v) is 6.51. The van der Waals surface area contributed by atoms with Crippen molar-refractivity contribution in [2.75, 3.05) is 19.0 Å². The van der Waals surface area contributed by atoms with Gasteiger partial charge in [0.25, 0.3) is 0 Å². The summed E-state index contributed by atoms with van der Waals surface area (Å²) in [5.41, 5.74) is 0.374. The Bertz CT molecular complexity index is 423. The zero-order chi connectivity index (χ0) is 13.7. The second-order valence-corrected chi connectivity index (χ2v) is 5.29. The molecule has 0 saturated heterocycles. The van der Waals surface area contributed by atoms with E-state index in [9.17, 15) is 9.18 Å². The average molecular weight is 318 g/mol. The van der Waals surface area contributed by atoms with Crippen molar-refractivity contribution in [2.24, 2.45) is 11.8 Å². The third kappa shape index (κ3) is 3.98. The molecule has 1 aromatic rings. The maximum absolute atomic E-state index is 13.5. The summed E-state index contributed by atoms with van der Waals surface area (Å²) in [6, 6.07) is 4.64. The van der Waals surface area contributed by atoms with Crippen LogP contribution >= 0.6 is 15.9 Å². The summed E-state index contributed by atoms with van der Waals surface area (Å²) in [6.07, 6.45) is 0. The predicted octanol–water partition coefficient (Wildman–Crippen LogP) is 3.45. The zero-order valence-corrected chi connectivity index (χ0v) is 12.3. The molecule has 0 aromatic heterocycles. The van der Waals surface area contributed by atoms with Crippen LogP contribution in [0.15, 0.2) is 22.7 Å². The van der Waals surface area contributed by atoms with Gasteiger partial charge < -0.3 is 10.1 Å². The van der Waals surface area contributed by atoms with Crippen LogP contribution in [0.2, 0.25) is 0 Å². The number of methoxy groups -OCH3 is 1. The minimum atomic E-state index is -0.342. The van der Waals surface area contributed by atoms with E-state index in [1.165, 1.54) is 13.2 Å². The topological polar surface area (TPSA) is 38.3 Å². The molecule has 1 N–H and O–H groups in total. The van der Waals surface area contributed by atoms with Crippen molar-refractivity contribution in [1.29, 1.82) is 0 Å². The van der Waals surface area contributed by atoms with Crippen molar-refractivity contribution in [1.82, 2.24) is 0 Å². The van der Waals surface area contributed by atoms with Gasteiger partial charge in [-0.2, -0.15) is 0 Å². The lowest BCUT2D eigenvalue weighted by Gasteiger charge is -2.19. The molecule has 18 heavy (non-hydrogen) atoms. The zero-order valence-electron chi connectivity index (χ0n) is 10.7. The number of carbonyl (C=O) groups is 1. The summed E-state index contributed by atoms with van der Waals surface area (Å²) >= 11 is 3.28. The van der Waals surface area contributed by atoms with Crippen LogP contribution in [0.3, 0.4) is 0 Å². The molecule has 0 radical (unpaired) electrons. The molecule has 0 amide bonds. The van der Waals surface area contributed by atoms with Crippen LogP contribution in [0.25, 0.3) is 0 Å². The molecule has 1 atom stereocenters. The standard InChI is InChI=1S/C13H17BrFNO2/c1-8(2)10(13(17)18-3)7-16-12-6-9(14)4-5-11(12)15/h4-6,8,10,16H,7H2,1-3H3. The second-order valence-electron chi connectivity index (χ2n) is 4.38. The molecule has 0 bridgehead atoms. The first-order valence-electron chi connectivity index (χ1n) is 5.72. The first-order chi connectivity index (χ1) is 8.45. The number of halogens is 2. The molecule has 0 saturated carbocycles. The van der Waals surface area contributed by atoms with Crippen molar-refractivity contribution < 1.29 is 13.9 Å². The average Bonchev–Trinajstić information content (AvgIpc) is 2.32. The van der Waals surface area contributed by atoms with Crippen LogP contribution < -0.4 is 5.32 Å². The lowest BCUT2D eigenvalue weighted by atomic mass is 9.96. The van der Waals surface area contributed by atoms with E-state index in [2.05, 4.69) is 21.2 Å². The smallest absolute Gasteiger partial charge is 0.310 e. The molecule has 0 spiro atoms. The van der Waals surface area contributed by atoms with E-state index in [0.29, 0.717) is 12.2 Å². The number of anilines is 1. The quantitative estimate of drug-likeness (QED) is 0.845. The molecule has 100 valence electrons. The second kappa shape index (κ2) is 6.73. The number of hydrogen-bond acceptors (Lipinski definition) is 3. The Kier molecular flexibility index (Phi) is 5.59. The molecular weight excluding hydrogens is 301 g/mol. The highest BCUT2D eigenvalue weighted by Crippen LogP contribution is 2.21. The Morgan fingerprint density at radius 3 is 2.72 bits per heavy atom. The maximum atomic E-state index is 13.5. The molecule has 1 aromatic carbocycles. The van der Waals surface area contributed by atoms with E-state index < -0.39 is 0 Å². The number of esters is 1. The number of rotatable bonds is 5. The molecule has 3 nitrogen and oxygen atoms in total. The lowest BCUT2D eigenvalue weighted by Crippen LogP contribution is -2.29. The third-order valence-electron chi connectivity index (χ3n) is 2.75. The van der Waals surface area contributed by atoms with Crippen LogP contribution in [0.1, 0.15) is 13.8 Å². The molecule has 0 aliphatic carbocycles. The molecule has 1 rings (SSSR count). The van der Waals surface area contributed by atoms with Crippen LogP contribution in [-0.4, -0.2) is 19.6 Å². The third-order valence-corrected chi connectivity index (χ3v) is 3.24. The summed E-state index contributed by atoms with van der Waals surface area (Å²) in [5, 5.41) is 2.94. The summed E-state index contributed by atoms with van der Waals surface area (Å²) in [4.78, 5) is 11.6. The molecule has 0 aliphatic rings. The largest absolute Gasteiger partial charge is 0.469 e. The summed E-state index contributed by atoms with van der Waals surface area (Å²) in [6.45, 7) is 4.21. The Labute approximate surface area is 115 Å². The van der Waals surface area contributed by atoms with Crippen molar-refractivity contribution in [2.45, 2.75) is 13.8 Å². The van der Waals surface area contributed by atoms with Gasteiger partial charge in [-0.05, 0) is 24.1 Å². The van der Waals surface area contributed by atoms with E-state index >= 15 is 0 Å². The van der Waals surface area contributed by atoms with Gasteiger partial charge in [-0.1, -0.05) is 29.8 Å². The molecular formula is C13H17BrFNO2. The van der Waals surface area contributed by atoms with Crippen molar-refractivity contribution in [3.05, 3.63) is 28.5 Å². The molecule has 5 heteroatoms. The van der Waals surface area contributed by atoms with E-state index in [-0.39, 0.29) is 23.6 Å². The molecule has 0 heterocycles. The van der Waals surface area contributed by atoms with Gasteiger partial charge in [-0.15, -0.1) is 0 Å². The summed E-state index contributed by atoms with van der Waals surface area (Å²) in [7, 11) is 1.36. The monoisotopic (exact) mass is 317 g/mol. The highest BCUT2D eigenvalue weighted by Gasteiger charge is 2.23. The van der Waals surface area contributed by atoms with Crippen LogP contribution in [0, 0.1) is 17.7 Å². The highest BCUT2D eigenvalue weighted by atomic mass is 79.9. The lowest BCUT2D eigenvalue weighted by molar-refractivity contribution is -0.146. The predicted molar refractivity (Wildman–Crippen MR) is 72.9 cm³/mol. The molecule has 0 fully saturated rings. The molecule has 1 unspecified atom stereocenters. The fourth-order valence-corrected chi connectivity index (χ4v) is 1.96. The Morgan fingerprint density at radius 1 is 1.50 bits per heavy atom. The fourth-order valence-electron chi connectivity index (χ4n) is 1.60. The van der Waals surface area contributed by atoms with Gasteiger partial charge in [0.05, 0.1) is 18.7 Å². The van der Waals surface area contributed by atoms with Gasteiger partial charge in [0.15, 0.2) is 0 Å². The van der Waals surface area contributed by atoms with Crippen LogP contribution in [0.5, 0.6) is 0 Å². The van der Waals surface area contributed by atoms with Crippen LogP contribution in [-0.2, 0) is 9.53 Å². The van der Waals surface area contributed by atoms with Gasteiger partial charge in [0, 0.05) is 11.0 Å². The fraction of sp³-hybridized carbons (Fsp3) is 0.462.